The minimum Gasteiger partial charge on any atom is -0.359 e. The SMILES string of the molecule is CCCCCCSC(=S)N(C)c1c[nH]c2ccccc12. The minimum absolute atomic E-state index is 0.950. The first-order chi connectivity index (χ1) is 9.74. The van der Waals surface area contributed by atoms with Gasteiger partial charge in [-0.25, -0.2) is 0 Å². The molecule has 108 valence electrons. The summed E-state index contributed by atoms with van der Waals surface area (Å²) in [7, 11) is 2.05. The number of rotatable bonds is 6. The van der Waals surface area contributed by atoms with Gasteiger partial charge in [-0.3, -0.25) is 0 Å². The summed E-state index contributed by atoms with van der Waals surface area (Å²) in [5, 5.41) is 1.23. The third kappa shape index (κ3) is 3.76. The van der Waals surface area contributed by atoms with Crippen molar-refractivity contribution in [1.82, 2.24) is 4.98 Å². The number of nitrogens with zero attached hydrogens (tertiary/aromatic N) is 1. The molecule has 0 aliphatic rings. The van der Waals surface area contributed by atoms with Crippen LogP contribution in [-0.4, -0.2) is 22.1 Å². The molecule has 1 aromatic heterocycles. The smallest absolute Gasteiger partial charge is 0.140 e. The Morgan fingerprint density at radius 2 is 2.05 bits per heavy atom. The van der Waals surface area contributed by atoms with Gasteiger partial charge in [-0.2, -0.15) is 0 Å². The molecule has 0 unspecified atom stereocenters. The van der Waals surface area contributed by atoms with E-state index in [-0.39, 0.29) is 0 Å². The fourth-order valence-electron chi connectivity index (χ4n) is 2.22. The highest BCUT2D eigenvalue weighted by molar-refractivity contribution is 8.23. The quantitative estimate of drug-likeness (QED) is 0.584. The van der Waals surface area contributed by atoms with Gasteiger partial charge >= 0.3 is 0 Å². The monoisotopic (exact) mass is 306 g/mol. The first kappa shape index (κ1) is 15.4. The van der Waals surface area contributed by atoms with Crippen molar-refractivity contribution in [2.75, 3.05) is 17.7 Å². The molecule has 0 amide bonds. The average Bonchev–Trinajstić information content (AvgIpc) is 2.90. The maximum atomic E-state index is 5.54. The van der Waals surface area contributed by atoms with Crippen LogP contribution in [0.2, 0.25) is 0 Å². The zero-order valence-electron chi connectivity index (χ0n) is 12.2. The molecular formula is C16H22N2S2. The number of unbranched alkanes of at least 4 members (excludes halogenated alkanes) is 3. The van der Waals surface area contributed by atoms with Gasteiger partial charge in [0.15, 0.2) is 0 Å². The van der Waals surface area contributed by atoms with Gasteiger partial charge in [-0.05, 0) is 12.5 Å². The van der Waals surface area contributed by atoms with Crippen LogP contribution in [0.5, 0.6) is 0 Å². The van der Waals surface area contributed by atoms with E-state index in [9.17, 15) is 0 Å². The highest BCUT2D eigenvalue weighted by atomic mass is 32.2. The normalized spacial score (nSPS) is 10.9. The predicted octanol–water partition coefficient (Wildman–Crippen LogP) is 5.20. The van der Waals surface area contributed by atoms with Crippen molar-refractivity contribution in [2.24, 2.45) is 0 Å². The average molecular weight is 307 g/mol. The molecule has 0 radical (unpaired) electrons. The second kappa shape index (κ2) is 7.70. The summed E-state index contributed by atoms with van der Waals surface area (Å²) in [6.45, 7) is 2.24. The molecule has 0 atom stereocenters. The van der Waals surface area contributed by atoms with Gasteiger partial charge < -0.3 is 9.88 Å². The van der Waals surface area contributed by atoms with Crippen LogP contribution in [-0.2, 0) is 0 Å². The van der Waals surface area contributed by atoms with Crippen molar-refractivity contribution in [1.29, 1.82) is 0 Å². The van der Waals surface area contributed by atoms with Gasteiger partial charge in [-0.1, -0.05) is 68.4 Å². The Balaban J connectivity index is 1.93. The van der Waals surface area contributed by atoms with E-state index in [1.165, 1.54) is 31.1 Å². The number of thioether (sulfide) groups is 1. The molecule has 1 aromatic carbocycles. The standard InChI is InChI=1S/C16H22N2S2/c1-3-4-5-8-11-20-16(19)18(2)15-12-17-14-10-7-6-9-13(14)15/h6-7,9-10,12,17H,3-5,8,11H2,1-2H3. The van der Waals surface area contributed by atoms with Gasteiger partial charge in [0.25, 0.3) is 0 Å². The molecular weight excluding hydrogens is 284 g/mol. The second-order valence-corrected chi connectivity index (χ2v) is 6.68. The van der Waals surface area contributed by atoms with Crippen molar-refractivity contribution in [2.45, 2.75) is 32.6 Å². The Kier molecular flexibility index (Phi) is 5.92. The van der Waals surface area contributed by atoms with Gasteiger partial charge in [-0.15, -0.1) is 0 Å². The zero-order chi connectivity index (χ0) is 14.4. The van der Waals surface area contributed by atoms with E-state index in [4.69, 9.17) is 12.2 Å². The van der Waals surface area contributed by atoms with Crippen LogP contribution >= 0.6 is 24.0 Å². The van der Waals surface area contributed by atoms with Crippen molar-refractivity contribution in [3.8, 4) is 0 Å². The Hall–Kier alpha value is -1.00. The van der Waals surface area contributed by atoms with Gasteiger partial charge in [0.1, 0.15) is 4.32 Å². The number of thiocarbonyl (C=S) groups is 1. The first-order valence-electron chi connectivity index (χ1n) is 7.20. The summed E-state index contributed by atoms with van der Waals surface area (Å²) in [4.78, 5) is 5.41. The molecule has 2 nitrogen and oxygen atoms in total. The molecule has 0 saturated carbocycles. The van der Waals surface area contributed by atoms with Crippen LogP contribution < -0.4 is 4.90 Å². The highest BCUT2D eigenvalue weighted by Gasteiger charge is 2.11. The third-order valence-corrected chi connectivity index (χ3v) is 5.07. The summed E-state index contributed by atoms with van der Waals surface area (Å²) >= 11 is 7.33. The summed E-state index contributed by atoms with van der Waals surface area (Å²) in [6, 6.07) is 8.33. The lowest BCUT2D eigenvalue weighted by atomic mass is 10.2. The van der Waals surface area contributed by atoms with E-state index in [1.54, 1.807) is 11.8 Å². The van der Waals surface area contributed by atoms with E-state index < -0.39 is 0 Å². The van der Waals surface area contributed by atoms with Crippen LogP contribution in [0.3, 0.4) is 0 Å². The Morgan fingerprint density at radius 1 is 1.25 bits per heavy atom. The van der Waals surface area contributed by atoms with Crippen molar-refractivity contribution < 1.29 is 0 Å². The molecule has 0 saturated heterocycles. The fraction of sp³-hybridized carbons (Fsp3) is 0.438. The molecule has 0 bridgehead atoms. The Labute approximate surface area is 130 Å². The number of nitrogens with one attached hydrogen (secondary N) is 1. The Bertz CT molecular complexity index is 562. The maximum Gasteiger partial charge on any atom is 0.140 e. The summed E-state index contributed by atoms with van der Waals surface area (Å²) in [6.07, 6.45) is 7.20. The lowest BCUT2D eigenvalue weighted by Gasteiger charge is -2.18. The first-order valence-corrected chi connectivity index (χ1v) is 8.60. The lowest BCUT2D eigenvalue weighted by molar-refractivity contribution is 0.707. The number of fused-ring (bicyclic) bond motifs is 1. The van der Waals surface area contributed by atoms with E-state index in [1.807, 2.05) is 12.3 Å². The van der Waals surface area contributed by atoms with Crippen LogP contribution in [0.1, 0.15) is 32.6 Å². The number of hydrogen-bond donors (Lipinski definition) is 1. The van der Waals surface area contributed by atoms with Gasteiger partial charge in [0.2, 0.25) is 0 Å². The zero-order valence-corrected chi connectivity index (χ0v) is 13.8. The molecule has 0 aliphatic heterocycles. The molecule has 1 heterocycles. The molecule has 4 heteroatoms. The number of H-pyrrole nitrogens is 1. The number of anilines is 1. The highest BCUT2D eigenvalue weighted by Crippen LogP contribution is 2.28. The molecule has 20 heavy (non-hydrogen) atoms. The van der Waals surface area contributed by atoms with E-state index >= 15 is 0 Å². The van der Waals surface area contributed by atoms with E-state index in [0.29, 0.717) is 0 Å². The van der Waals surface area contributed by atoms with Crippen molar-refractivity contribution >= 4 is 44.9 Å². The molecule has 2 aromatic rings. The molecule has 0 fully saturated rings. The molecule has 0 aliphatic carbocycles. The van der Waals surface area contributed by atoms with E-state index in [0.717, 1.165) is 21.3 Å². The maximum absolute atomic E-state index is 5.54. The van der Waals surface area contributed by atoms with Gasteiger partial charge in [0, 0.05) is 29.9 Å². The minimum atomic E-state index is 0.950. The van der Waals surface area contributed by atoms with Gasteiger partial charge in [0.05, 0.1) is 5.69 Å². The molecule has 2 rings (SSSR count). The van der Waals surface area contributed by atoms with Crippen LogP contribution in [0.15, 0.2) is 30.5 Å². The number of aromatic nitrogens is 1. The number of hydrogen-bond acceptors (Lipinski definition) is 2. The van der Waals surface area contributed by atoms with Crippen molar-refractivity contribution in [3.63, 3.8) is 0 Å². The lowest BCUT2D eigenvalue weighted by Crippen LogP contribution is -2.21. The number of para-hydroxylation sites is 1. The molecule has 0 spiro atoms. The fourth-order valence-corrected chi connectivity index (χ4v) is 3.38. The van der Waals surface area contributed by atoms with Crippen LogP contribution in [0.4, 0.5) is 5.69 Å². The molecule has 1 N–H and O–H groups in total. The predicted molar refractivity (Wildman–Crippen MR) is 95.9 cm³/mol. The second-order valence-electron chi connectivity index (χ2n) is 4.95. The number of aromatic amines is 1. The van der Waals surface area contributed by atoms with Crippen molar-refractivity contribution in [3.05, 3.63) is 30.5 Å². The van der Waals surface area contributed by atoms with Crippen LogP contribution in [0, 0.1) is 0 Å². The number of benzene rings is 1. The third-order valence-electron chi connectivity index (χ3n) is 3.43. The Morgan fingerprint density at radius 3 is 2.85 bits per heavy atom. The topological polar surface area (TPSA) is 19.0 Å². The van der Waals surface area contributed by atoms with E-state index in [2.05, 4.69) is 42.1 Å². The summed E-state index contributed by atoms with van der Waals surface area (Å²) < 4.78 is 0.950. The van der Waals surface area contributed by atoms with Crippen LogP contribution in [0.25, 0.3) is 10.9 Å². The largest absolute Gasteiger partial charge is 0.359 e. The summed E-state index contributed by atoms with van der Waals surface area (Å²) in [5.41, 5.74) is 2.32. The summed E-state index contributed by atoms with van der Waals surface area (Å²) in [5.74, 6) is 1.12.